The monoisotopic (exact) mass is 212 g/mol. The largest absolute Gasteiger partial charge is 0.481 e. The van der Waals surface area contributed by atoms with Crippen molar-refractivity contribution in [2.24, 2.45) is 11.3 Å². The summed E-state index contributed by atoms with van der Waals surface area (Å²) >= 11 is 0. The molecule has 1 aliphatic rings. The van der Waals surface area contributed by atoms with Crippen LogP contribution in [0.25, 0.3) is 0 Å². The molecule has 0 saturated heterocycles. The van der Waals surface area contributed by atoms with E-state index in [1.165, 1.54) is 7.62 Å². The lowest BCUT2D eigenvalue weighted by Gasteiger charge is -2.25. The van der Waals surface area contributed by atoms with Crippen LogP contribution in [-0.4, -0.2) is 31.8 Å². The summed E-state index contributed by atoms with van der Waals surface area (Å²) in [4.78, 5) is 11.2. The zero-order chi connectivity index (χ0) is 11.5. The summed E-state index contributed by atoms with van der Waals surface area (Å²) in [5.74, 6) is -0.436. The predicted molar refractivity (Wildman–Crippen MR) is 58.4 cm³/mol. The second kappa shape index (κ2) is 4.99. The second-order valence-corrected chi connectivity index (χ2v) is 4.48. The van der Waals surface area contributed by atoms with Crippen molar-refractivity contribution in [2.75, 3.05) is 7.11 Å². The SMILES string of the molecule is CC[C@@H]1C[C@H](N[B]OC)C[C@@]1(C)C(=O)O. The Kier molecular flexibility index (Phi) is 4.17. The minimum absolute atomic E-state index is 0.219. The maximum Gasteiger partial charge on any atom is 0.395 e. The number of carbonyl (C=O) groups is 1. The first kappa shape index (κ1) is 12.5. The average Bonchev–Trinajstić information content (AvgIpc) is 2.53. The van der Waals surface area contributed by atoms with Crippen LogP contribution in [0.15, 0.2) is 0 Å². The first-order valence-electron chi connectivity index (χ1n) is 5.38. The summed E-state index contributed by atoms with van der Waals surface area (Å²) < 4.78 is 4.82. The summed E-state index contributed by atoms with van der Waals surface area (Å²) in [7, 11) is 3.11. The average molecular weight is 212 g/mol. The van der Waals surface area contributed by atoms with E-state index in [0.29, 0.717) is 6.42 Å². The smallest absolute Gasteiger partial charge is 0.395 e. The van der Waals surface area contributed by atoms with Crippen LogP contribution < -0.4 is 5.23 Å². The van der Waals surface area contributed by atoms with Crippen molar-refractivity contribution in [3.63, 3.8) is 0 Å². The van der Waals surface area contributed by atoms with Gasteiger partial charge < -0.3 is 15.0 Å². The van der Waals surface area contributed by atoms with Gasteiger partial charge in [-0.1, -0.05) is 13.3 Å². The molecule has 0 bridgehead atoms. The van der Waals surface area contributed by atoms with Crippen molar-refractivity contribution in [1.82, 2.24) is 5.23 Å². The third-order valence-corrected chi connectivity index (χ3v) is 3.54. The molecule has 3 atom stereocenters. The highest BCUT2D eigenvalue weighted by molar-refractivity contribution is 6.23. The third-order valence-electron chi connectivity index (χ3n) is 3.54. The molecule has 0 spiro atoms. The summed E-state index contributed by atoms with van der Waals surface area (Å²) in [6.07, 6.45) is 2.48. The lowest BCUT2D eigenvalue weighted by atomic mass is 9.78. The first-order chi connectivity index (χ1) is 7.04. The Balaban J connectivity index is 2.62. The van der Waals surface area contributed by atoms with E-state index >= 15 is 0 Å². The Morgan fingerprint density at radius 1 is 1.73 bits per heavy atom. The Hall–Kier alpha value is -0.545. The molecule has 0 unspecified atom stereocenters. The minimum atomic E-state index is -0.684. The van der Waals surface area contributed by atoms with Crippen molar-refractivity contribution in [2.45, 2.75) is 39.2 Å². The number of aliphatic carboxylic acids is 1. The molecule has 1 saturated carbocycles. The van der Waals surface area contributed by atoms with E-state index in [4.69, 9.17) is 4.65 Å². The fraction of sp³-hybridized carbons (Fsp3) is 0.900. The fourth-order valence-electron chi connectivity index (χ4n) is 2.54. The van der Waals surface area contributed by atoms with Gasteiger partial charge in [0.15, 0.2) is 0 Å². The van der Waals surface area contributed by atoms with Gasteiger partial charge in [-0.05, 0) is 31.7 Å². The predicted octanol–water partition coefficient (Wildman–Crippen LogP) is 1.04. The van der Waals surface area contributed by atoms with E-state index in [1.54, 1.807) is 7.11 Å². The normalized spacial score (nSPS) is 35.4. The Labute approximate surface area is 91.7 Å². The Morgan fingerprint density at radius 2 is 2.40 bits per heavy atom. The molecule has 1 rings (SSSR count). The molecule has 1 aliphatic carbocycles. The molecule has 15 heavy (non-hydrogen) atoms. The lowest BCUT2D eigenvalue weighted by molar-refractivity contribution is -0.150. The van der Waals surface area contributed by atoms with Crippen molar-refractivity contribution in [1.29, 1.82) is 0 Å². The van der Waals surface area contributed by atoms with Gasteiger partial charge in [0.1, 0.15) is 0 Å². The molecule has 0 heterocycles. The fourth-order valence-corrected chi connectivity index (χ4v) is 2.54. The molecule has 4 nitrogen and oxygen atoms in total. The van der Waals surface area contributed by atoms with Gasteiger partial charge in [0, 0.05) is 7.11 Å². The van der Waals surface area contributed by atoms with Crippen LogP contribution in [0.2, 0.25) is 0 Å². The molecule has 85 valence electrons. The van der Waals surface area contributed by atoms with Crippen LogP contribution in [0.3, 0.4) is 0 Å². The topological polar surface area (TPSA) is 58.6 Å². The summed E-state index contributed by atoms with van der Waals surface area (Å²) in [5.41, 5.74) is -0.589. The highest BCUT2D eigenvalue weighted by atomic mass is 16.4. The zero-order valence-electron chi connectivity index (χ0n) is 9.62. The van der Waals surface area contributed by atoms with Gasteiger partial charge in [-0.15, -0.1) is 0 Å². The number of carboxylic acids is 1. The van der Waals surface area contributed by atoms with E-state index in [2.05, 4.69) is 5.23 Å². The second-order valence-electron chi connectivity index (χ2n) is 4.48. The van der Waals surface area contributed by atoms with Crippen molar-refractivity contribution in [3.05, 3.63) is 0 Å². The van der Waals surface area contributed by atoms with Crippen molar-refractivity contribution in [3.8, 4) is 0 Å². The van der Waals surface area contributed by atoms with Crippen LogP contribution >= 0.6 is 0 Å². The standard InChI is InChI=1S/C10H19BNO3/c1-4-7-5-8(12-11-15-3)6-10(7,2)9(13)14/h7-8,12H,4-6H2,1-3H3,(H,13,14)/t7-,8+,10-/m1/s1. The van der Waals surface area contributed by atoms with Crippen LogP contribution in [-0.2, 0) is 9.45 Å². The zero-order valence-corrected chi connectivity index (χ0v) is 9.62. The molecular formula is C10H19BNO3. The molecule has 5 heteroatoms. The number of carboxylic acid groups (broad SMARTS) is 1. The van der Waals surface area contributed by atoms with Gasteiger partial charge in [-0.2, -0.15) is 0 Å². The Morgan fingerprint density at radius 3 is 2.80 bits per heavy atom. The molecule has 0 amide bonds. The first-order valence-corrected chi connectivity index (χ1v) is 5.38. The van der Waals surface area contributed by atoms with E-state index in [0.717, 1.165) is 12.8 Å². The van der Waals surface area contributed by atoms with Crippen LogP contribution in [0.4, 0.5) is 0 Å². The maximum absolute atomic E-state index is 11.2. The van der Waals surface area contributed by atoms with Gasteiger partial charge in [0.2, 0.25) is 0 Å². The maximum atomic E-state index is 11.2. The third kappa shape index (κ3) is 2.52. The minimum Gasteiger partial charge on any atom is -0.481 e. The van der Waals surface area contributed by atoms with Gasteiger partial charge >= 0.3 is 13.6 Å². The molecule has 0 aliphatic heterocycles. The summed E-state index contributed by atoms with van der Waals surface area (Å²) in [6.45, 7) is 3.90. The number of nitrogens with one attached hydrogen (secondary N) is 1. The molecule has 2 N–H and O–H groups in total. The van der Waals surface area contributed by atoms with Gasteiger partial charge in [-0.25, -0.2) is 0 Å². The molecule has 1 radical (unpaired) electrons. The molecule has 1 fully saturated rings. The van der Waals surface area contributed by atoms with Gasteiger partial charge in [0.05, 0.1) is 5.41 Å². The number of hydrogen-bond donors (Lipinski definition) is 2. The number of hydrogen-bond acceptors (Lipinski definition) is 3. The van der Waals surface area contributed by atoms with E-state index < -0.39 is 11.4 Å². The summed E-state index contributed by atoms with van der Waals surface area (Å²) in [6, 6.07) is 0.219. The van der Waals surface area contributed by atoms with Gasteiger partial charge in [0.25, 0.3) is 0 Å². The van der Waals surface area contributed by atoms with Crippen LogP contribution in [0.5, 0.6) is 0 Å². The quantitative estimate of drug-likeness (QED) is 0.668. The lowest BCUT2D eigenvalue weighted by Crippen LogP contribution is -2.34. The molecule has 0 aromatic carbocycles. The highest BCUT2D eigenvalue weighted by Crippen LogP contribution is 2.45. The molecule has 0 aromatic heterocycles. The van der Waals surface area contributed by atoms with Crippen molar-refractivity contribution >= 4 is 13.6 Å². The molecule has 0 aromatic rings. The molecular weight excluding hydrogens is 193 g/mol. The van der Waals surface area contributed by atoms with Crippen LogP contribution in [0, 0.1) is 11.3 Å². The highest BCUT2D eigenvalue weighted by Gasteiger charge is 2.48. The Bertz CT molecular complexity index is 237. The van der Waals surface area contributed by atoms with Crippen molar-refractivity contribution < 1.29 is 14.6 Å². The van der Waals surface area contributed by atoms with Crippen LogP contribution in [0.1, 0.15) is 33.1 Å². The van der Waals surface area contributed by atoms with Gasteiger partial charge in [-0.3, -0.25) is 4.79 Å². The van der Waals surface area contributed by atoms with E-state index in [1.807, 2.05) is 13.8 Å². The van der Waals surface area contributed by atoms with E-state index in [9.17, 15) is 9.90 Å². The van der Waals surface area contributed by atoms with E-state index in [-0.39, 0.29) is 12.0 Å². The number of rotatable bonds is 5. The summed E-state index contributed by atoms with van der Waals surface area (Å²) in [5, 5.41) is 12.3.